The van der Waals surface area contributed by atoms with Gasteiger partial charge in [0.1, 0.15) is 17.8 Å². The van der Waals surface area contributed by atoms with Crippen molar-refractivity contribution in [3.63, 3.8) is 0 Å². The molecule has 1 heterocycles. The maximum atomic E-state index is 14.5. The van der Waals surface area contributed by atoms with E-state index in [9.17, 15) is 29.1 Å². The van der Waals surface area contributed by atoms with E-state index in [1.54, 1.807) is 24.0 Å². The maximum Gasteiger partial charge on any atom is 0.243 e. The Morgan fingerprint density at radius 2 is 1.48 bits per heavy atom. The first-order valence-electron chi connectivity index (χ1n) is 22.4. The average Bonchev–Trinajstić information content (AvgIpc) is 3.30. The van der Waals surface area contributed by atoms with Gasteiger partial charge in [-0.3, -0.25) is 33.9 Å². The van der Waals surface area contributed by atoms with Crippen molar-refractivity contribution in [1.29, 1.82) is 0 Å². The van der Waals surface area contributed by atoms with Crippen LogP contribution in [0.1, 0.15) is 62.1 Å². The summed E-state index contributed by atoms with van der Waals surface area (Å²) in [6.07, 6.45) is 4.16. The second-order valence-corrected chi connectivity index (χ2v) is 16.7. The molecule has 0 saturated carbocycles. The molecule has 0 aliphatic carbocycles. The number of aliphatic imine (C=N–C) groups is 1. The molecule has 0 unspecified atom stereocenters. The van der Waals surface area contributed by atoms with Crippen LogP contribution < -0.4 is 38.1 Å². The summed E-state index contributed by atoms with van der Waals surface area (Å²) in [7, 11) is 0. The number of nitrogens with zero attached hydrogens (tertiary/aromatic N) is 2. The van der Waals surface area contributed by atoms with Crippen LogP contribution in [0.4, 0.5) is 0 Å². The fourth-order valence-electron chi connectivity index (χ4n) is 8.44. The number of benzene rings is 5. The van der Waals surface area contributed by atoms with Crippen molar-refractivity contribution in [2.24, 2.45) is 16.5 Å². The summed E-state index contributed by atoms with van der Waals surface area (Å²) in [6, 6.07) is 31.1. The first-order chi connectivity index (χ1) is 31.4. The van der Waals surface area contributed by atoms with E-state index in [-0.39, 0.29) is 44.1 Å². The van der Waals surface area contributed by atoms with Crippen molar-refractivity contribution >= 4 is 57.4 Å². The zero-order chi connectivity index (χ0) is 46.2. The number of phenolic OH excluding ortho intramolecular Hbond substituents is 1. The standard InChI is InChI=1S/C50H61N9O6/c1-34-46(63)56-43(18-11-26-54-49(51)52)48(65)57-44(29-36-19-22-37-12-4-5-14-39(37)28-36)47(64)55-32-45(62)58-50(33-60,30-35-20-23-41(61)24-21-35)59(34)27-9-3-2-8-25-53-31-40-16-10-15-38-13-6-7-17-42(38)40/h4-7,10,12-17,19-24,28,33-34,43-44,53,61H,2-3,8-9,11,18,25-27,29-32H2,1H3,(H,55,64)(H,56,63)(H,57,65)(H,58,62)(H4,51,52,54)/t34-,43+,44+,50-/m1/s1. The Balaban J connectivity index is 1.23. The van der Waals surface area contributed by atoms with Crippen molar-refractivity contribution in [2.75, 3.05) is 26.2 Å². The molecule has 15 nitrogen and oxygen atoms in total. The van der Waals surface area contributed by atoms with Gasteiger partial charge in [0.05, 0.1) is 12.6 Å². The van der Waals surface area contributed by atoms with Gasteiger partial charge >= 0.3 is 0 Å². The minimum atomic E-state index is -1.78. The van der Waals surface area contributed by atoms with E-state index in [0.717, 1.165) is 48.7 Å². The second kappa shape index (κ2) is 23.2. The number of aromatic hydroxyl groups is 1. The lowest BCUT2D eigenvalue weighted by molar-refractivity contribution is -0.142. The molecule has 4 atom stereocenters. The molecule has 5 aromatic carbocycles. The number of nitrogens with one attached hydrogen (secondary N) is 5. The molecule has 1 fully saturated rings. The number of fused-ring (bicyclic) bond motifs is 2. The van der Waals surface area contributed by atoms with Crippen LogP contribution in [0.15, 0.2) is 114 Å². The van der Waals surface area contributed by atoms with Crippen LogP contribution in [-0.2, 0) is 43.4 Å². The second-order valence-electron chi connectivity index (χ2n) is 16.7. The molecule has 15 heteroatoms. The lowest BCUT2D eigenvalue weighted by atomic mass is 9.95. The van der Waals surface area contributed by atoms with Crippen molar-refractivity contribution in [1.82, 2.24) is 31.5 Å². The normalized spacial score (nSPS) is 20.0. The molecule has 6 rings (SSSR count). The molecule has 1 aliphatic heterocycles. The molecule has 10 N–H and O–H groups in total. The van der Waals surface area contributed by atoms with E-state index in [2.05, 4.69) is 61.9 Å². The highest BCUT2D eigenvalue weighted by Crippen LogP contribution is 2.24. The van der Waals surface area contributed by atoms with Crippen LogP contribution in [0, 0.1) is 0 Å². The van der Waals surface area contributed by atoms with Crippen molar-refractivity contribution in [3.05, 3.63) is 126 Å². The highest BCUT2D eigenvalue weighted by atomic mass is 16.3. The van der Waals surface area contributed by atoms with Gasteiger partial charge in [-0.05, 0) is 89.5 Å². The van der Waals surface area contributed by atoms with E-state index in [4.69, 9.17) is 11.5 Å². The highest BCUT2D eigenvalue weighted by Gasteiger charge is 2.43. The fourth-order valence-corrected chi connectivity index (χ4v) is 8.44. The smallest absolute Gasteiger partial charge is 0.243 e. The minimum absolute atomic E-state index is 0.0188. The number of rotatable bonds is 18. The molecule has 0 spiro atoms. The Morgan fingerprint density at radius 3 is 2.25 bits per heavy atom. The molecular weight excluding hydrogens is 823 g/mol. The van der Waals surface area contributed by atoms with Gasteiger partial charge in [-0.1, -0.05) is 110 Å². The van der Waals surface area contributed by atoms with Gasteiger partial charge in [-0.2, -0.15) is 0 Å². The van der Waals surface area contributed by atoms with Gasteiger partial charge in [0, 0.05) is 32.5 Å². The Bertz CT molecular complexity index is 2450. The predicted octanol–water partition coefficient (Wildman–Crippen LogP) is 3.69. The topological polar surface area (TPSA) is 233 Å². The molecular formula is C50H61N9O6. The van der Waals surface area contributed by atoms with E-state index >= 15 is 0 Å². The molecule has 0 aromatic heterocycles. The molecule has 65 heavy (non-hydrogen) atoms. The number of carbonyl (C=O) groups is 5. The molecule has 1 aliphatic rings. The number of unbranched alkanes of at least 4 members (excludes halogenated alkanes) is 3. The fraction of sp³-hybridized carbons (Fsp3) is 0.360. The number of hydrogen-bond donors (Lipinski definition) is 8. The number of nitrogens with two attached hydrogens (primary N) is 2. The number of carbonyl (C=O) groups excluding carboxylic acids is 5. The summed E-state index contributed by atoms with van der Waals surface area (Å²) in [5.74, 6) is -2.57. The molecule has 0 radical (unpaired) electrons. The van der Waals surface area contributed by atoms with Crippen LogP contribution in [0.3, 0.4) is 0 Å². The zero-order valence-electron chi connectivity index (χ0n) is 36.9. The van der Waals surface area contributed by atoms with Gasteiger partial charge in [0.15, 0.2) is 17.9 Å². The molecule has 1 saturated heterocycles. The minimum Gasteiger partial charge on any atom is -0.508 e. The Kier molecular flexibility index (Phi) is 17.0. The summed E-state index contributed by atoms with van der Waals surface area (Å²) in [5, 5.41) is 29.3. The van der Waals surface area contributed by atoms with Gasteiger partial charge in [0.2, 0.25) is 23.6 Å². The van der Waals surface area contributed by atoms with Gasteiger partial charge in [0.25, 0.3) is 0 Å². The molecule has 4 amide bonds. The number of guanidine groups is 1. The van der Waals surface area contributed by atoms with Gasteiger partial charge < -0.3 is 43.2 Å². The monoisotopic (exact) mass is 883 g/mol. The average molecular weight is 884 g/mol. The van der Waals surface area contributed by atoms with Gasteiger partial charge in [-0.15, -0.1) is 0 Å². The number of phenols is 1. The molecule has 0 bridgehead atoms. The molecule has 342 valence electrons. The summed E-state index contributed by atoms with van der Waals surface area (Å²) in [5.41, 5.74) is 11.9. The lowest BCUT2D eigenvalue weighted by Crippen LogP contribution is -2.69. The third-order valence-electron chi connectivity index (χ3n) is 11.9. The summed E-state index contributed by atoms with van der Waals surface area (Å²) in [6.45, 7) is 3.06. The Morgan fingerprint density at radius 1 is 0.785 bits per heavy atom. The SMILES string of the molecule is C[C@@H]1C(=O)N[C@@H](CCCN=C(N)N)C(=O)N[C@@H](Cc2ccc3ccccc3c2)C(=O)NCC(=O)N[C@](C=O)(Cc2ccc(O)cc2)N1CCCCCCNCc1cccc2ccccc12. The number of hydrogen-bond acceptors (Lipinski definition) is 9. The first-order valence-corrected chi connectivity index (χ1v) is 22.4. The van der Waals surface area contributed by atoms with Crippen molar-refractivity contribution < 1.29 is 29.1 Å². The largest absolute Gasteiger partial charge is 0.508 e. The lowest BCUT2D eigenvalue weighted by Gasteiger charge is -2.44. The summed E-state index contributed by atoms with van der Waals surface area (Å²) in [4.78, 5) is 76.0. The number of aldehydes is 1. The van der Waals surface area contributed by atoms with E-state index in [1.165, 1.54) is 28.5 Å². The zero-order valence-corrected chi connectivity index (χ0v) is 36.9. The van der Waals surface area contributed by atoms with E-state index in [1.807, 2.05) is 54.6 Å². The van der Waals surface area contributed by atoms with E-state index < -0.39 is 54.0 Å². The van der Waals surface area contributed by atoms with Gasteiger partial charge in [-0.25, -0.2) is 0 Å². The summed E-state index contributed by atoms with van der Waals surface area (Å²) < 4.78 is 0. The van der Waals surface area contributed by atoms with Crippen LogP contribution in [0.25, 0.3) is 21.5 Å². The summed E-state index contributed by atoms with van der Waals surface area (Å²) >= 11 is 0. The quantitative estimate of drug-likeness (QED) is 0.0275. The third-order valence-corrected chi connectivity index (χ3v) is 11.9. The highest BCUT2D eigenvalue weighted by molar-refractivity contribution is 5.95. The van der Waals surface area contributed by atoms with Crippen LogP contribution in [-0.4, -0.2) is 95.8 Å². The van der Waals surface area contributed by atoms with Crippen LogP contribution in [0.5, 0.6) is 5.75 Å². The number of amides is 4. The Labute approximate surface area is 379 Å². The first kappa shape index (κ1) is 47.6. The maximum absolute atomic E-state index is 14.5. The van der Waals surface area contributed by atoms with Crippen molar-refractivity contribution in [3.8, 4) is 5.75 Å². The van der Waals surface area contributed by atoms with Crippen LogP contribution >= 0.6 is 0 Å². The third kappa shape index (κ3) is 13.3. The van der Waals surface area contributed by atoms with Crippen molar-refractivity contribution in [2.45, 2.75) is 88.6 Å². The van der Waals surface area contributed by atoms with Crippen LogP contribution in [0.2, 0.25) is 0 Å². The molecule has 5 aromatic rings. The van der Waals surface area contributed by atoms with E-state index in [0.29, 0.717) is 24.7 Å². The predicted molar refractivity (Wildman–Crippen MR) is 253 cm³/mol. The Hall–Kier alpha value is -6.84.